The normalized spacial score (nSPS) is 24.3. The van der Waals surface area contributed by atoms with Crippen molar-refractivity contribution >= 4 is 34.0 Å². The summed E-state index contributed by atoms with van der Waals surface area (Å²) in [5.41, 5.74) is 1.75. The average Bonchev–Trinajstić information content (AvgIpc) is 3.32. The van der Waals surface area contributed by atoms with Gasteiger partial charge in [-0.2, -0.15) is 18.2 Å². The van der Waals surface area contributed by atoms with Crippen molar-refractivity contribution in [3.63, 3.8) is 0 Å². The summed E-state index contributed by atoms with van der Waals surface area (Å²) in [7, 11) is -4.31. The van der Waals surface area contributed by atoms with Gasteiger partial charge in [-0.05, 0) is 36.1 Å². The van der Waals surface area contributed by atoms with Crippen LogP contribution in [0.5, 0.6) is 0 Å². The third-order valence-electron chi connectivity index (χ3n) is 8.58. The fraction of sp³-hybridized carbons (Fsp3) is 0.419. The number of likely N-dealkylation sites (tertiary alicyclic amines) is 1. The Kier molecular flexibility index (Phi) is 9.20. The first-order valence-corrected chi connectivity index (χ1v) is 16.1. The van der Waals surface area contributed by atoms with Gasteiger partial charge in [-0.1, -0.05) is 50.3 Å². The van der Waals surface area contributed by atoms with Gasteiger partial charge in [0.1, 0.15) is 29.5 Å². The molecule has 5 atom stereocenters. The van der Waals surface area contributed by atoms with Gasteiger partial charge < -0.3 is 20.1 Å². The fourth-order valence-corrected chi connectivity index (χ4v) is 6.64. The number of halogens is 1. The highest BCUT2D eigenvalue weighted by Gasteiger charge is 2.61. The number of hydroxylamine groups is 1. The molecular weight excluding hydrogens is 623 g/mol. The monoisotopic (exact) mass is 658 g/mol. The number of carboxylic acids is 1. The Morgan fingerprint density at radius 3 is 2.43 bits per heavy atom. The van der Waals surface area contributed by atoms with Gasteiger partial charge in [-0.3, -0.25) is 14.5 Å². The number of hydrogen-bond acceptors (Lipinski definition) is 9. The summed E-state index contributed by atoms with van der Waals surface area (Å²) in [6, 6.07) is 9.29. The predicted molar refractivity (Wildman–Crippen MR) is 159 cm³/mol. The van der Waals surface area contributed by atoms with E-state index in [9.17, 15) is 37.1 Å². The number of nitrogens with zero attached hydrogens (tertiary/aromatic N) is 2. The van der Waals surface area contributed by atoms with Crippen molar-refractivity contribution in [1.82, 2.24) is 20.6 Å². The molecule has 2 fully saturated rings. The lowest BCUT2D eigenvalue weighted by Gasteiger charge is -2.30. The molecule has 2 aromatic rings. The number of carbonyl (C=O) groups excluding carboxylic acids is 3. The number of rotatable bonds is 11. The summed E-state index contributed by atoms with van der Waals surface area (Å²) >= 11 is 0. The maximum Gasteiger partial charge on any atom is 0.410 e. The van der Waals surface area contributed by atoms with Crippen LogP contribution in [0.15, 0.2) is 66.1 Å². The quantitative estimate of drug-likeness (QED) is 0.240. The van der Waals surface area contributed by atoms with E-state index in [1.54, 1.807) is 32.0 Å². The molecule has 3 aliphatic rings. The molecule has 0 radical (unpaired) electrons. The van der Waals surface area contributed by atoms with E-state index in [1.165, 1.54) is 41.3 Å². The molecular formula is C31H35FN4O9S. The van der Waals surface area contributed by atoms with Crippen molar-refractivity contribution < 1.29 is 46.1 Å². The Balaban J connectivity index is 1.34. The van der Waals surface area contributed by atoms with Gasteiger partial charge in [-0.25, -0.2) is 14.0 Å². The molecule has 46 heavy (non-hydrogen) atoms. The second-order valence-corrected chi connectivity index (χ2v) is 13.5. The fourth-order valence-electron chi connectivity index (χ4n) is 5.82. The van der Waals surface area contributed by atoms with E-state index < -0.39 is 75.4 Å². The Labute approximate surface area is 265 Å². The molecule has 246 valence electrons. The molecule has 1 saturated carbocycles. The molecule has 2 aromatic carbocycles. The number of benzene rings is 2. The van der Waals surface area contributed by atoms with Gasteiger partial charge in [0.25, 0.3) is 0 Å². The molecule has 0 bridgehead atoms. The zero-order chi connectivity index (χ0) is 33.4. The van der Waals surface area contributed by atoms with Gasteiger partial charge in [0.05, 0.1) is 18.0 Å². The van der Waals surface area contributed by atoms with Gasteiger partial charge in [0, 0.05) is 24.4 Å². The van der Waals surface area contributed by atoms with Crippen LogP contribution in [0.3, 0.4) is 0 Å². The van der Waals surface area contributed by atoms with Crippen LogP contribution >= 0.6 is 0 Å². The average molecular weight is 659 g/mol. The smallest absolute Gasteiger partial charge is 0.410 e. The summed E-state index contributed by atoms with van der Waals surface area (Å²) in [5, 5.41) is 12.4. The summed E-state index contributed by atoms with van der Waals surface area (Å²) in [5.74, 6) is -4.28. The van der Waals surface area contributed by atoms with E-state index in [2.05, 4.69) is 17.4 Å². The zero-order valence-electron chi connectivity index (χ0n) is 25.2. The van der Waals surface area contributed by atoms with Crippen molar-refractivity contribution in [2.45, 2.75) is 68.4 Å². The molecule has 0 spiro atoms. The maximum absolute atomic E-state index is 14.3. The minimum atomic E-state index is -4.31. The van der Waals surface area contributed by atoms with Crippen LogP contribution in [0, 0.1) is 17.7 Å². The van der Waals surface area contributed by atoms with Gasteiger partial charge in [0.15, 0.2) is 0 Å². The lowest BCUT2D eigenvalue weighted by atomic mass is 10.0. The van der Waals surface area contributed by atoms with Crippen molar-refractivity contribution in [2.75, 3.05) is 6.54 Å². The lowest BCUT2D eigenvalue weighted by molar-refractivity contribution is -0.146. The molecule has 0 aromatic heterocycles. The molecule has 2 heterocycles. The van der Waals surface area contributed by atoms with Gasteiger partial charge in [0.2, 0.25) is 11.8 Å². The minimum absolute atomic E-state index is 0.0171. The Morgan fingerprint density at radius 1 is 1.11 bits per heavy atom. The Morgan fingerprint density at radius 2 is 1.83 bits per heavy atom. The number of nitrogens with one attached hydrogen (secondary N) is 2. The highest BCUT2D eigenvalue weighted by molar-refractivity contribution is 7.86. The summed E-state index contributed by atoms with van der Waals surface area (Å²) in [6.07, 6.45) is -0.389. The molecule has 13 nitrogen and oxygen atoms in total. The molecule has 2 aliphatic heterocycles. The largest absolute Gasteiger partial charge is 0.479 e. The van der Waals surface area contributed by atoms with Gasteiger partial charge >= 0.3 is 22.2 Å². The Bertz CT molecular complexity index is 1650. The third-order valence-corrected chi connectivity index (χ3v) is 9.74. The van der Waals surface area contributed by atoms with E-state index in [0.29, 0.717) is 11.1 Å². The number of carboxylic acid groups (broad SMARTS) is 1. The minimum Gasteiger partial charge on any atom is -0.479 e. The van der Waals surface area contributed by atoms with Gasteiger partial charge in [-0.15, -0.1) is 6.58 Å². The molecule has 5 rings (SSSR count). The molecule has 3 N–H and O–H groups in total. The second-order valence-electron chi connectivity index (χ2n) is 12.0. The standard InChI is InChI=1S/C31H35FN4O9S/c1-4-20-14-31(20,29(39)40)33-27(37)25-13-21(44-30(41)35-15-19-9-8-12-24(32)23(19)17-35)16-36(25)28(38)26(18(2)3)34-45-46(42,43)22-10-6-5-7-11-22/h4-12,18,20-21,25-26,34H,1,13-17H2,2-3H3,(H,33,37)(H,39,40)/t20-,21-,25+,26?,31?/m1/s1. The summed E-state index contributed by atoms with van der Waals surface area (Å²) in [6.45, 7) is 6.74. The number of carbonyl (C=O) groups is 4. The third kappa shape index (κ3) is 6.48. The van der Waals surface area contributed by atoms with Crippen molar-refractivity contribution in [1.29, 1.82) is 0 Å². The lowest BCUT2D eigenvalue weighted by Crippen LogP contribution is -2.56. The predicted octanol–water partition coefficient (Wildman–Crippen LogP) is 2.33. The van der Waals surface area contributed by atoms with Crippen molar-refractivity contribution in [2.24, 2.45) is 11.8 Å². The van der Waals surface area contributed by atoms with Crippen LogP contribution in [0.2, 0.25) is 0 Å². The number of hydrogen-bond donors (Lipinski definition) is 3. The van der Waals surface area contributed by atoms with E-state index in [0.717, 1.165) is 4.90 Å². The van der Waals surface area contributed by atoms with Crippen LogP contribution < -0.4 is 10.8 Å². The van der Waals surface area contributed by atoms with E-state index in [1.807, 2.05) is 0 Å². The number of aliphatic carboxylic acids is 1. The summed E-state index contributed by atoms with van der Waals surface area (Å²) in [4.78, 5) is 55.0. The van der Waals surface area contributed by atoms with Crippen molar-refractivity contribution in [3.05, 3.63) is 78.1 Å². The molecule has 1 aliphatic carbocycles. The van der Waals surface area contributed by atoms with E-state index >= 15 is 0 Å². The number of ether oxygens (including phenoxy) is 1. The topological polar surface area (TPSA) is 172 Å². The first kappa shape index (κ1) is 33.0. The van der Waals surface area contributed by atoms with E-state index in [4.69, 9.17) is 9.02 Å². The zero-order valence-corrected chi connectivity index (χ0v) is 26.0. The highest BCUT2D eigenvalue weighted by atomic mass is 32.2. The Hall–Kier alpha value is -4.34. The maximum atomic E-state index is 14.3. The molecule has 2 unspecified atom stereocenters. The van der Waals surface area contributed by atoms with Crippen LogP contribution in [0.1, 0.15) is 37.8 Å². The van der Waals surface area contributed by atoms with Crippen molar-refractivity contribution in [3.8, 4) is 0 Å². The number of fused-ring (bicyclic) bond motifs is 1. The van der Waals surface area contributed by atoms with Crippen LogP contribution in [-0.2, 0) is 46.6 Å². The first-order valence-electron chi connectivity index (χ1n) is 14.7. The SMILES string of the molecule is C=C[C@@H]1CC1(NC(=O)[C@@H]1C[C@@H](OC(=O)N2Cc3cccc(F)c3C2)CN1C(=O)C(NOS(=O)(=O)c1ccccc1)C(C)C)C(=O)O. The van der Waals surface area contributed by atoms with E-state index in [-0.39, 0.29) is 37.4 Å². The highest BCUT2D eigenvalue weighted by Crippen LogP contribution is 2.45. The van der Waals surface area contributed by atoms with Crippen LogP contribution in [-0.4, -0.2) is 77.5 Å². The van der Waals surface area contributed by atoms with Crippen LogP contribution in [0.4, 0.5) is 9.18 Å². The van der Waals surface area contributed by atoms with Crippen LogP contribution in [0.25, 0.3) is 0 Å². The molecule has 15 heteroatoms. The summed E-state index contributed by atoms with van der Waals surface area (Å²) < 4.78 is 50.5. The first-order chi connectivity index (χ1) is 21.8. The molecule has 1 saturated heterocycles. The molecule has 3 amide bonds. The number of amides is 3. The second kappa shape index (κ2) is 12.8.